The van der Waals surface area contributed by atoms with Crippen LogP contribution in [0.1, 0.15) is 38.2 Å². The second kappa shape index (κ2) is 6.96. The van der Waals surface area contributed by atoms with E-state index in [9.17, 15) is 8.42 Å². The third-order valence-corrected chi connectivity index (χ3v) is 8.26. The highest BCUT2D eigenvalue weighted by Gasteiger charge is 2.36. The summed E-state index contributed by atoms with van der Waals surface area (Å²) in [5.41, 5.74) is 6.67. The summed E-state index contributed by atoms with van der Waals surface area (Å²) < 4.78 is 28.4. The van der Waals surface area contributed by atoms with Crippen LogP contribution in [0, 0.1) is 12.8 Å². The van der Waals surface area contributed by atoms with Gasteiger partial charge in [-0.3, -0.25) is 0 Å². The molecule has 0 spiro atoms. The molecule has 7 heteroatoms. The molecule has 0 aromatic carbocycles. The Labute approximate surface area is 136 Å². The lowest BCUT2D eigenvalue weighted by molar-refractivity contribution is 0.188. The van der Waals surface area contributed by atoms with Crippen molar-refractivity contribution in [2.75, 3.05) is 13.1 Å². The molecule has 1 aliphatic carbocycles. The molecule has 1 fully saturated rings. The van der Waals surface area contributed by atoms with Crippen LogP contribution in [0.25, 0.3) is 0 Å². The maximum absolute atomic E-state index is 12.9. The van der Waals surface area contributed by atoms with Crippen LogP contribution in [-0.2, 0) is 10.0 Å². The van der Waals surface area contributed by atoms with Gasteiger partial charge in [0.15, 0.2) is 0 Å². The van der Waals surface area contributed by atoms with Gasteiger partial charge in [0.25, 0.3) is 10.0 Å². The maximum atomic E-state index is 12.9. The summed E-state index contributed by atoms with van der Waals surface area (Å²) in [4.78, 5) is 0. The van der Waals surface area contributed by atoms with E-state index in [1.807, 2.05) is 13.8 Å². The molecule has 1 aromatic rings. The van der Waals surface area contributed by atoms with E-state index in [-0.39, 0.29) is 12.0 Å². The van der Waals surface area contributed by atoms with Gasteiger partial charge in [-0.1, -0.05) is 31.4 Å². The minimum atomic E-state index is -3.48. The number of hydrogen-bond donors (Lipinski definition) is 1. The molecule has 2 rings (SSSR count). The highest BCUT2D eigenvalue weighted by molar-refractivity contribution is 7.91. The molecular weight excluding hydrogens is 328 g/mol. The van der Waals surface area contributed by atoms with Crippen LogP contribution < -0.4 is 5.73 Å². The Bertz CT molecular complexity index is 566. The summed E-state index contributed by atoms with van der Waals surface area (Å²) in [7, 11) is -3.48. The average Bonchev–Trinajstić information content (AvgIpc) is 2.80. The highest BCUT2D eigenvalue weighted by atomic mass is 35.5. The van der Waals surface area contributed by atoms with E-state index in [4.69, 9.17) is 17.3 Å². The minimum Gasteiger partial charge on any atom is -0.330 e. The molecule has 1 saturated carbocycles. The second-order valence-corrected chi connectivity index (χ2v) is 9.35. The molecule has 4 nitrogen and oxygen atoms in total. The van der Waals surface area contributed by atoms with E-state index in [0.717, 1.165) is 42.6 Å². The molecule has 0 saturated heterocycles. The SMILES string of the molecule is CCN(C1CCCCC1CN)S(=O)(=O)c1cc(C)c(Cl)s1. The van der Waals surface area contributed by atoms with Crippen LogP contribution in [0.2, 0.25) is 4.34 Å². The van der Waals surface area contributed by atoms with E-state index in [1.54, 1.807) is 10.4 Å². The summed E-state index contributed by atoms with van der Waals surface area (Å²) in [5.74, 6) is 0.255. The lowest BCUT2D eigenvalue weighted by atomic mass is 9.84. The zero-order chi connectivity index (χ0) is 15.6. The van der Waals surface area contributed by atoms with Crippen LogP contribution in [0.5, 0.6) is 0 Å². The van der Waals surface area contributed by atoms with Gasteiger partial charge in [0.2, 0.25) is 0 Å². The van der Waals surface area contributed by atoms with Crippen LogP contribution >= 0.6 is 22.9 Å². The predicted octanol–water partition coefficient (Wildman–Crippen LogP) is 3.24. The second-order valence-electron chi connectivity index (χ2n) is 5.58. The third kappa shape index (κ3) is 3.45. The summed E-state index contributed by atoms with van der Waals surface area (Å²) >= 11 is 7.18. The summed E-state index contributed by atoms with van der Waals surface area (Å²) in [6.07, 6.45) is 4.11. The van der Waals surface area contributed by atoms with E-state index in [1.165, 1.54) is 0 Å². The smallest absolute Gasteiger partial charge is 0.252 e. The van der Waals surface area contributed by atoms with Crippen molar-refractivity contribution in [3.05, 3.63) is 16.0 Å². The standard InChI is InChI=1S/C14H23ClN2O2S2/c1-3-17(12-7-5-4-6-11(12)9-16)21(18,19)13-8-10(2)14(15)20-13/h8,11-12H,3-7,9,16H2,1-2H3. The van der Waals surface area contributed by atoms with Crippen LogP contribution in [-0.4, -0.2) is 31.9 Å². The van der Waals surface area contributed by atoms with Crippen molar-refractivity contribution in [3.63, 3.8) is 0 Å². The molecule has 1 aromatic heterocycles. The summed E-state index contributed by atoms with van der Waals surface area (Å²) in [5, 5.41) is 0. The molecule has 1 heterocycles. The van der Waals surface area contributed by atoms with Gasteiger partial charge in [0.1, 0.15) is 4.21 Å². The number of nitrogens with two attached hydrogens (primary N) is 1. The van der Waals surface area contributed by atoms with Crippen molar-refractivity contribution < 1.29 is 8.42 Å². The fourth-order valence-electron chi connectivity index (χ4n) is 3.10. The average molecular weight is 351 g/mol. The van der Waals surface area contributed by atoms with Crippen molar-refractivity contribution in [1.82, 2.24) is 4.31 Å². The number of aryl methyl sites for hydroxylation is 1. The first-order chi connectivity index (χ1) is 9.91. The number of hydrogen-bond acceptors (Lipinski definition) is 4. The lowest BCUT2D eigenvalue weighted by Crippen LogP contribution is -2.47. The third-order valence-electron chi connectivity index (χ3n) is 4.25. The lowest BCUT2D eigenvalue weighted by Gasteiger charge is -2.38. The first-order valence-corrected chi connectivity index (χ1v) is 10.0. The van der Waals surface area contributed by atoms with Crippen molar-refractivity contribution in [3.8, 4) is 0 Å². The van der Waals surface area contributed by atoms with Crippen molar-refractivity contribution in [1.29, 1.82) is 0 Å². The van der Waals surface area contributed by atoms with Gasteiger partial charge < -0.3 is 5.73 Å². The molecule has 0 amide bonds. The van der Waals surface area contributed by atoms with Crippen LogP contribution in [0.15, 0.2) is 10.3 Å². The molecule has 1 aliphatic rings. The minimum absolute atomic E-state index is 0.0138. The van der Waals surface area contributed by atoms with E-state index >= 15 is 0 Å². The number of rotatable bonds is 5. The molecule has 21 heavy (non-hydrogen) atoms. The summed E-state index contributed by atoms with van der Waals surface area (Å²) in [6, 6.07) is 1.69. The Kier molecular flexibility index (Phi) is 5.71. The Balaban J connectivity index is 2.34. The van der Waals surface area contributed by atoms with Gasteiger partial charge in [-0.25, -0.2) is 8.42 Å². The normalized spacial score (nSPS) is 23.7. The number of sulfonamides is 1. The largest absolute Gasteiger partial charge is 0.330 e. The number of halogens is 1. The first-order valence-electron chi connectivity index (χ1n) is 7.39. The topological polar surface area (TPSA) is 63.4 Å². The molecule has 2 atom stereocenters. The van der Waals surface area contributed by atoms with Gasteiger partial charge in [-0.2, -0.15) is 4.31 Å². The number of thiophene rings is 1. The Hall–Kier alpha value is -0.140. The predicted molar refractivity (Wildman–Crippen MR) is 88.4 cm³/mol. The molecule has 0 bridgehead atoms. The molecule has 120 valence electrons. The van der Waals surface area contributed by atoms with Gasteiger partial charge in [0, 0.05) is 12.6 Å². The molecule has 0 aliphatic heterocycles. The van der Waals surface area contributed by atoms with Crippen molar-refractivity contribution >= 4 is 33.0 Å². The number of nitrogens with zero attached hydrogens (tertiary/aromatic N) is 1. The maximum Gasteiger partial charge on any atom is 0.252 e. The van der Waals surface area contributed by atoms with Crippen molar-refractivity contribution in [2.24, 2.45) is 11.7 Å². The highest BCUT2D eigenvalue weighted by Crippen LogP contribution is 2.36. The van der Waals surface area contributed by atoms with E-state index in [0.29, 0.717) is 21.6 Å². The monoisotopic (exact) mass is 350 g/mol. The molecule has 0 radical (unpaired) electrons. The molecule has 2 unspecified atom stereocenters. The molecule has 2 N–H and O–H groups in total. The molecular formula is C14H23ClN2O2S2. The fourth-order valence-corrected chi connectivity index (χ4v) is 6.66. The fraction of sp³-hybridized carbons (Fsp3) is 0.714. The van der Waals surface area contributed by atoms with Gasteiger partial charge >= 0.3 is 0 Å². The Morgan fingerprint density at radius 3 is 2.62 bits per heavy atom. The van der Waals surface area contributed by atoms with Gasteiger partial charge in [-0.15, -0.1) is 11.3 Å². The summed E-state index contributed by atoms with van der Waals surface area (Å²) in [6.45, 7) is 4.73. The van der Waals surface area contributed by atoms with Gasteiger partial charge in [0.05, 0.1) is 4.34 Å². The zero-order valence-corrected chi connectivity index (χ0v) is 14.9. The van der Waals surface area contributed by atoms with E-state index < -0.39 is 10.0 Å². The Morgan fingerprint density at radius 2 is 2.10 bits per heavy atom. The van der Waals surface area contributed by atoms with Crippen LogP contribution in [0.4, 0.5) is 0 Å². The quantitative estimate of drug-likeness (QED) is 0.886. The van der Waals surface area contributed by atoms with Gasteiger partial charge in [-0.05, 0) is 43.9 Å². The van der Waals surface area contributed by atoms with Crippen LogP contribution in [0.3, 0.4) is 0 Å². The Morgan fingerprint density at radius 1 is 1.43 bits per heavy atom. The van der Waals surface area contributed by atoms with Crippen molar-refractivity contribution in [2.45, 2.75) is 49.8 Å². The first kappa shape index (κ1) is 17.2. The van der Waals surface area contributed by atoms with E-state index in [2.05, 4.69) is 0 Å². The zero-order valence-electron chi connectivity index (χ0n) is 12.5.